The third-order valence-corrected chi connectivity index (χ3v) is 7.12. The minimum atomic E-state index is -0.218. The lowest BCUT2D eigenvalue weighted by atomic mass is 9.96. The monoisotopic (exact) mass is 466 g/mol. The van der Waals surface area contributed by atoms with E-state index in [1.54, 1.807) is 18.5 Å². The number of halogens is 2. The van der Waals surface area contributed by atoms with Crippen LogP contribution < -0.4 is 11.3 Å². The highest BCUT2D eigenvalue weighted by molar-refractivity contribution is 6.30. The predicted octanol–water partition coefficient (Wildman–Crippen LogP) is 4.24. The molecule has 0 saturated carbocycles. The number of rotatable bonds is 5. The number of hydrogen-bond acceptors (Lipinski definition) is 6. The molecule has 172 valence electrons. The summed E-state index contributed by atoms with van der Waals surface area (Å²) in [5.74, 6) is 6.13. The van der Waals surface area contributed by atoms with Gasteiger partial charge >= 0.3 is 0 Å². The van der Waals surface area contributed by atoms with Crippen molar-refractivity contribution in [2.24, 2.45) is 5.84 Å². The third kappa shape index (κ3) is 4.87. The van der Waals surface area contributed by atoms with Gasteiger partial charge in [-0.2, -0.15) is 0 Å². The zero-order valence-corrected chi connectivity index (χ0v) is 19.2. The first-order valence-electron chi connectivity index (χ1n) is 11.4. The molecule has 1 fully saturated rings. The molecule has 5 rings (SSSR count). The summed E-state index contributed by atoms with van der Waals surface area (Å²) in [5, 5.41) is 0.682. The van der Waals surface area contributed by atoms with E-state index in [0.29, 0.717) is 11.1 Å². The van der Waals surface area contributed by atoms with Crippen LogP contribution >= 0.6 is 11.6 Å². The Morgan fingerprint density at radius 3 is 2.61 bits per heavy atom. The molecule has 0 radical (unpaired) electrons. The topological polar surface area (TPSA) is 70.3 Å². The van der Waals surface area contributed by atoms with Gasteiger partial charge in [0.15, 0.2) is 0 Å². The highest BCUT2D eigenvalue weighted by atomic mass is 35.5. The molecule has 0 unspecified atom stereocenters. The Balaban J connectivity index is 1.23. The van der Waals surface area contributed by atoms with Crippen molar-refractivity contribution < 1.29 is 4.39 Å². The summed E-state index contributed by atoms with van der Waals surface area (Å²) in [7, 11) is 0. The minimum absolute atomic E-state index is 0.218. The number of fused-ring (bicyclic) bond motifs is 1. The van der Waals surface area contributed by atoms with Crippen LogP contribution in [0, 0.1) is 5.82 Å². The number of anilines is 1. The molecule has 3 aromatic rings. The molecule has 1 aromatic heterocycles. The Labute approximate surface area is 198 Å². The van der Waals surface area contributed by atoms with Gasteiger partial charge in [-0.25, -0.2) is 20.2 Å². The van der Waals surface area contributed by atoms with Gasteiger partial charge in [-0.1, -0.05) is 29.8 Å². The van der Waals surface area contributed by atoms with Crippen LogP contribution in [0.2, 0.25) is 5.02 Å². The van der Waals surface area contributed by atoms with Crippen LogP contribution in [0.25, 0.3) is 11.1 Å². The second-order valence-corrected chi connectivity index (χ2v) is 9.26. The van der Waals surface area contributed by atoms with E-state index >= 15 is 0 Å². The molecule has 1 saturated heterocycles. The maximum Gasteiger partial charge on any atom is 0.146 e. The molecular weight excluding hydrogens is 439 g/mol. The highest BCUT2D eigenvalue weighted by Crippen LogP contribution is 2.30. The van der Waals surface area contributed by atoms with Crippen LogP contribution in [0.3, 0.4) is 0 Å². The Kier molecular flexibility index (Phi) is 6.55. The van der Waals surface area contributed by atoms with E-state index < -0.39 is 0 Å². The summed E-state index contributed by atoms with van der Waals surface area (Å²) in [6, 6.07) is 13.3. The first-order chi connectivity index (χ1) is 16.1. The van der Waals surface area contributed by atoms with Crippen molar-refractivity contribution in [1.82, 2.24) is 19.8 Å². The fourth-order valence-corrected chi connectivity index (χ4v) is 5.20. The molecule has 3 N–H and O–H groups in total. The summed E-state index contributed by atoms with van der Waals surface area (Å²) in [6.07, 6.45) is 4.72. The van der Waals surface area contributed by atoms with Crippen molar-refractivity contribution in [1.29, 1.82) is 0 Å². The summed E-state index contributed by atoms with van der Waals surface area (Å²) in [6.45, 7) is 4.69. The number of benzene rings is 2. The van der Waals surface area contributed by atoms with Crippen molar-refractivity contribution in [2.45, 2.75) is 38.4 Å². The third-order valence-electron chi connectivity index (χ3n) is 6.87. The van der Waals surface area contributed by atoms with Crippen LogP contribution in [0.5, 0.6) is 0 Å². The van der Waals surface area contributed by atoms with Crippen molar-refractivity contribution in [2.75, 3.05) is 25.1 Å². The van der Waals surface area contributed by atoms with Gasteiger partial charge in [-0.3, -0.25) is 9.80 Å². The Bertz CT molecular complexity index is 1110. The maximum atomic E-state index is 14.0. The number of piperidine rings is 1. The van der Waals surface area contributed by atoms with Crippen LogP contribution in [-0.2, 0) is 19.5 Å². The van der Waals surface area contributed by atoms with Crippen LogP contribution in [0.15, 0.2) is 48.8 Å². The molecule has 2 aromatic carbocycles. The number of nitrogens with one attached hydrogen (secondary N) is 1. The smallest absolute Gasteiger partial charge is 0.146 e. The minimum Gasteiger partial charge on any atom is -0.308 e. The summed E-state index contributed by atoms with van der Waals surface area (Å²) in [4.78, 5) is 13.7. The van der Waals surface area contributed by atoms with E-state index in [1.165, 1.54) is 0 Å². The van der Waals surface area contributed by atoms with Crippen LogP contribution in [-0.4, -0.2) is 45.4 Å². The number of nitrogens with zero attached hydrogens (tertiary/aromatic N) is 4. The van der Waals surface area contributed by atoms with Crippen LogP contribution in [0.1, 0.15) is 29.7 Å². The van der Waals surface area contributed by atoms with E-state index in [-0.39, 0.29) is 5.82 Å². The van der Waals surface area contributed by atoms with Crippen LogP contribution in [0.4, 0.5) is 10.2 Å². The van der Waals surface area contributed by atoms with Gasteiger partial charge in [-0.15, -0.1) is 0 Å². The SMILES string of the molecule is NNc1ncnc2c1CCN(C1CCN(Cc3ccc(F)cc3-c3ccc(Cl)cc3)CC1)C2. The van der Waals surface area contributed by atoms with Gasteiger partial charge in [0.2, 0.25) is 0 Å². The summed E-state index contributed by atoms with van der Waals surface area (Å²) in [5.41, 5.74) is 7.97. The van der Waals surface area contributed by atoms with Gasteiger partial charge in [-0.05, 0) is 73.3 Å². The second-order valence-electron chi connectivity index (χ2n) is 8.83. The number of likely N-dealkylation sites (tertiary alicyclic amines) is 1. The normalized spacial score (nSPS) is 17.7. The lowest BCUT2D eigenvalue weighted by molar-refractivity contribution is 0.0937. The molecule has 0 bridgehead atoms. The molecule has 0 atom stereocenters. The predicted molar refractivity (Wildman–Crippen MR) is 129 cm³/mol. The molecule has 2 aliphatic rings. The fraction of sp³-hybridized carbons (Fsp3) is 0.360. The number of nitrogen functional groups attached to an aromatic ring is 1. The first-order valence-corrected chi connectivity index (χ1v) is 11.8. The van der Waals surface area contributed by atoms with Gasteiger partial charge in [0, 0.05) is 36.3 Å². The lowest BCUT2D eigenvalue weighted by Crippen LogP contribution is -2.46. The van der Waals surface area contributed by atoms with Crippen molar-refractivity contribution >= 4 is 17.4 Å². The van der Waals surface area contributed by atoms with Gasteiger partial charge in [0.05, 0.1) is 5.69 Å². The average Bonchev–Trinajstić information content (AvgIpc) is 2.85. The standard InChI is InChI=1S/C25H28ClFN6/c26-19-4-1-17(2-5-19)23-13-20(27)6-3-18(23)14-32-10-7-21(8-11-32)33-12-9-22-24(15-33)29-16-30-25(22)31-28/h1-6,13,16,21H,7-12,14-15,28H2,(H,29,30,31). The van der Waals surface area contributed by atoms with E-state index in [0.717, 1.165) is 85.8 Å². The molecule has 0 amide bonds. The number of hydrazine groups is 1. The molecule has 0 spiro atoms. The second kappa shape index (κ2) is 9.73. The van der Waals surface area contributed by atoms with Crippen molar-refractivity contribution in [3.8, 4) is 11.1 Å². The molecule has 2 aliphatic heterocycles. The largest absolute Gasteiger partial charge is 0.308 e. The zero-order valence-electron chi connectivity index (χ0n) is 18.5. The summed E-state index contributed by atoms with van der Waals surface area (Å²) < 4.78 is 14.0. The van der Waals surface area contributed by atoms with Gasteiger partial charge in [0.1, 0.15) is 18.0 Å². The fourth-order valence-electron chi connectivity index (χ4n) is 5.08. The molecule has 3 heterocycles. The first kappa shape index (κ1) is 22.2. The number of aromatic nitrogens is 2. The quantitative estimate of drug-likeness (QED) is 0.433. The highest BCUT2D eigenvalue weighted by Gasteiger charge is 2.29. The summed E-state index contributed by atoms with van der Waals surface area (Å²) >= 11 is 6.04. The lowest BCUT2D eigenvalue weighted by Gasteiger charge is -2.40. The van der Waals surface area contributed by atoms with E-state index in [2.05, 4.69) is 25.2 Å². The number of hydrogen-bond donors (Lipinski definition) is 2. The van der Waals surface area contributed by atoms with E-state index in [1.807, 2.05) is 30.3 Å². The molecule has 33 heavy (non-hydrogen) atoms. The van der Waals surface area contributed by atoms with Gasteiger partial charge in [0.25, 0.3) is 0 Å². The maximum absolute atomic E-state index is 14.0. The average molecular weight is 467 g/mol. The van der Waals surface area contributed by atoms with Gasteiger partial charge < -0.3 is 5.43 Å². The molecular formula is C25H28ClFN6. The Morgan fingerprint density at radius 2 is 1.85 bits per heavy atom. The number of nitrogens with two attached hydrogens (primary N) is 1. The zero-order chi connectivity index (χ0) is 22.8. The van der Waals surface area contributed by atoms with E-state index in [4.69, 9.17) is 17.4 Å². The molecule has 8 heteroatoms. The molecule has 6 nitrogen and oxygen atoms in total. The van der Waals surface area contributed by atoms with E-state index in [9.17, 15) is 4.39 Å². The Hall–Kier alpha value is -2.58. The Morgan fingerprint density at radius 1 is 1.06 bits per heavy atom. The van der Waals surface area contributed by atoms with Crippen molar-refractivity contribution in [3.63, 3.8) is 0 Å². The molecule has 0 aliphatic carbocycles. The van der Waals surface area contributed by atoms with Crippen molar-refractivity contribution in [3.05, 3.63) is 76.5 Å².